The molecule has 0 bridgehead atoms. The number of hydrogen-bond donors (Lipinski definition) is 3. The summed E-state index contributed by atoms with van der Waals surface area (Å²) in [7, 11) is 3.91. The van der Waals surface area contributed by atoms with Gasteiger partial charge < -0.3 is 20.6 Å². The van der Waals surface area contributed by atoms with Crippen LogP contribution < -0.4 is 15.5 Å². The zero-order chi connectivity index (χ0) is 22.1. The van der Waals surface area contributed by atoms with Gasteiger partial charge in [0.05, 0.1) is 5.69 Å². The minimum Gasteiger partial charge on any atom is -0.359 e. The van der Waals surface area contributed by atoms with Crippen LogP contribution in [0.1, 0.15) is 23.1 Å². The summed E-state index contributed by atoms with van der Waals surface area (Å²) in [6, 6.07) is 9.89. The lowest BCUT2D eigenvalue weighted by atomic mass is 9.94. The molecule has 2 aromatic carbocycles. The lowest BCUT2D eigenvalue weighted by Gasteiger charge is -2.43. The molecule has 0 spiro atoms. The predicted molar refractivity (Wildman–Crippen MR) is 122 cm³/mol. The Labute approximate surface area is 185 Å². The van der Waals surface area contributed by atoms with Crippen LogP contribution in [0.5, 0.6) is 0 Å². The van der Waals surface area contributed by atoms with Gasteiger partial charge >= 0.3 is 6.03 Å². The molecular weight excluding hydrogens is 448 g/mol. The van der Waals surface area contributed by atoms with E-state index in [1.807, 2.05) is 38.9 Å². The molecular formula is C22H27BrN4O3. The van der Waals surface area contributed by atoms with Gasteiger partial charge in [-0.2, -0.15) is 0 Å². The van der Waals surface area contributed by atoms with Crippen molar-refractivity contribution in [3.63, 3.8) is 0 Å². The maximum absolute atomic E-state index is 13.3. The van der Waals surface area contributed by atoms with Gasteiger partial charge in [0.15, 0.2) is 0 Å². The van der Waals surface area contributed by atoms with E-state index in [-0.39, 0.29) is 0 Å². The number of nitrogens with zero attached hydrogens (tertiary/aromatic N) is 2. The van der Waals surface area contributed by atoms with Crippen LogP contribution in [0, 0.1) is 13.8 Å². The standard InChI is InChI=1S/C22H27BrN4O3/c1-14-6-8-17(12-15(14)2)27-21(29)25-19-9-7-16(23)13-18(19)22(27,30)20(28)24-10-5-11-26(3)4/h6-9,12-13,30H,5,10-11H2,1-4H3,(H,24,28)(H,25,29)/t22-/m1/s1. The largest absolute Gasteiger partial charge is 0.359 e. The van der Waals surface area contributed by atoms with Crippen LogP contribution in [-0.2, 0) is 10.5 Å². The number of halogens is 1. The van der Waals surface area contributed by atoms with Crippen LogP contribution >= 0.6 is 15.9 Å². The van der Waals surface area contributed by atoms with Crippen LogP contribution in [-0.4, -0.2) is 49.1 Å². The third-order valence-corrected chi connectivity index (χ3v) is 5.75. The van der Waals surface area contributed by atoms with E-state index < -0.39 is 17.7 Å². The van der Waals surface area contributed by atoms with Crippen molar-refractivity contribution in [3.8, 4) is 0 Å². The topological polar surface area (TPSA) is 84.9 Å². The van der Waals surface area contributed by atoms with Crippen LogP contribution in [0.15, 0.2) is 40.9 Å². The Kier molecular flexibility index (Phi) is 6.50. The van der Waals surface area contributed by atoms with Crippen molar-refractivity contribution in [1.29, 1.82) is 0 Å². The van der Waals surface area contributed by atoms with Gasteiger partial charge in [0, 0.05) is 22.3 Å². The van der Waals surface area contributed by atoms with Crippen molar-refractivity contribution in [3.05, 3.63) is 57.6 Å². The zero-order valence-corrected chi connectivity index (χ0v) is 19.2. The van der Waals surface area contributed by atoms with Crippen molar-refractivity contribution in [2.75, 3.05) is 37.4 Å². The van der Waals surface area contributed by atoms with Gasteiger partial charge in [0.1, 0.15) is 0 Å². The molecule has 1 aliphatic heterocycles. The molecule has 2 aromatic rings. The van der Waals surface area contributed by atoms with E-state index in [1.54, 1.807) is 30.3 Å². The first-order valence-electron chi connectivity index (χ1n) is 9.78. The molecule has 0 radical (unpaired) electrons. The second kappa shape index (κ2) is 8.75. The number of benzene rings is 2. The third kappa shape index (κ3) is 4.21. The molecule has 0 saturated heterocycles. The molecule has 160 valence electrons. The molecule has 1 aliphatic rings. The average Bonchev–Trinajstić information content (AvgIpc) is 2.68. The zero-order valence-electron chi connectivity index (χ0n) is 17.6. The molecule has 30 heavy (non-hydrogen) atoms. The van der Waals surface area contributed by atoms with Crippen molar-refractivity contribution in [2.24, 2.45) is 0 Å². The van der Waals surface area contributed by atoms with Crippen LogP contribution in [0.4, 0.5) is 16.2 Å². The van der Waals surface area contributed by atoms with E-state index in [0.717, 1.165) is 29.0 Å². The van der Waals surface area contributed by atoms with E-state index >= 15 is 0 Å². The van der Waals surface area contributed by atoms with E-state index in [4.69, 9.17) is 0 Å². The van der Waals surface area contributed by atoms with Gasteiger partial charge in [0.2, 0.25) is 0 Å². The highest BCUT2D eigenvalue weighted by Crippen LogP contribution is 2.41. The lowest BCUT2D eigenvalue weighted by molar-refractivity contribution is -0.140. The number of fused-ring (bicyclic) bond motifs is 1. The highest BCUT2D eigenvalue weighted by Gasteiger charge is 2.52. The smallest absolute Gasteiger partial charge is 0.329 e. The number of rotatable bonds is 6. The predicted octanol–water partition coefficient (Wildman–Crippen LogP) is 3.33. The van der Waals surface area contributed by atoms with Gasteiger partial charge in [-0.15, -0.1) is 0 Å². The van der Waals surface area contributed by atoms with Crippen LogP contribution in [0.3, 0.4) is 0 Å². The quantitative estimate of drug-likeness (QED) is 0.560. The first-order valence-corrected chi connectivity index (χ1v) is 10.6. The van der Waals surface area contributed by atoms with Crippen LogP contribution in [0.2, 0.25) is 0 Å². The SMILES string of the molecule is Cc1ccc(N2C(=O)Nc3ccc(Br)cc3[C@@]2(O)C(=O)NCCCN(C)C)cc1C. The summed E-state index contributed by atoms with van der Waals surface area (Å²) in [5.41, 5.74) is 0.952. The van der Waals surface area contributed by atoms with Crippen molar-refractivity contribution in [1.82, 2.24) is 10.2 Å². The molecule has 0 fully saturated rings. The maximum Gasteiger partial charge on any atom is 0.329 e. The summed E-state index contributed by atoms with van der Waals surface area (Å²) < 4.78 is 0.691. The molecule has 3 rings (SSSR count). The molecule has 0 aliphatic carbocycles. The monoisotopic (exact) mass is 474 g/mol. The Morgan fingerprint density at radius 3 is 2.60 bits per heavy atom. The van der Waals surface area contributed by atoms with Crippen molar-refractivity contribution in [2.45, 2.75) is 26.0 Å². The number of amides is 3. The summed E-state index contributed by atoms with van der Waals surface area (Å²) in [6.45, 7) is 5.06. The van der Waals surface area contributed by atoms with E-state index in [9.17, 15) is 14.7 Å². The van der Waals surface area contributed by atoms with Gasteiger partial charge in [-0.1, -0.05) is 22.0 Å². The van der Waals surface area contributed by atoms with E-state index in [0.29, 0.717) is 28.0 Å². The summed E-state index contributed by atoms with van der Waals surface area (Å²) in [4.78, 5) is 29.5. The number of nitrogens with one attached hydrogen (secondary N) is 2. The lowest BCUT2D eigenvalue weighted by Crippen LogP contribution is -2.62. The first kappa shape index (κ1) is 22.3. The summed E-state index contributed by atoms with van der Waals surface area (Å²) in [6.07, 6.45) is 0.718. The molecule has 1 atom stereocenters. The number of hydrogen-bond acceptors (Lipinski definition) is 4. The molecule has 0 saturated carbocycles. The Morgan fingerprint density at radius 2 is 1.93 bits per heavy atom. The number of carbonyl (C=O) groups is 2. The third-order valence-electron chi connectivity index (χ3n) is 5.26. The Morgan fingerprint density at radius 1 is 1.20 bits per heavy atom. The minimum atomic E-state index is -2.19. The maximum atomic E-state index is 13.3. The molecule has 3 N–H and O–H groups in total. The fourth-order valence-electron chi connectivity index (χ4n) is 3.47. The highest BCUT2D eigenvalue weighted by molar-refractivity contribution is 9.10. The molecule has 8 heteroatoms. The van der Waals surface area contributed by atoms with Crippen molar-refractivity contribution < 1.29 is 14.7 Å². The molecule has 0 unspecified atom stereocenters. The van der Waals surface area contributed by atoms with E-state index in [2.05, 4.69) is 26.6 Å². The van der Waals surface area contributed by atoms with Gasteiger partial charge in [-0.05, 0) is 82.4 Å². The fourth-order valence-corrected chi connectivity index (χ4v) is 3.83. The molecule has 0 aromatic heterocycles. The fraction of sp³-hybridized carbons (Fsp3) is 0.364. The van der Waals surface area contributed by atoms with Gasteiger partial charge in [-0.25, -0.2) is 4.79 Å². The summed E-state index contributed by atoms with van der Waals surface area (Å²) >= 11 is 3.40. The minimum absolute atomic E-state index is 0.305. The molecule has 3 amide bonds. The summed E-state index contributed by atoms with van der Waals surface area (Å²) in [5.74, 6) is -0.645. The molecule has 1 heterocycles. The second-order valence-corrected chi connectivity index (χ2v) is 8.72. The van der Waals surface area contributed by atoms with Gasteiger partial charge in [-0.3, -0.25) is 9.69 Å². The number of urea groups is 1. The number of carbonyl (C=O) groups excluding carboxylic acids is 2. The van der Waals surface area contributed by atoms with Gasteiger partial charge in [0.25, 0.3) is 11.6 Å². The number of aryl methyl sites for hydroxylation is 2. The van der Waals surface area contributed by atoms with Crippen molar-refractivity contribution >= 4 is 39.2 Å². The van der Waals surface area contributed by atoms with E-state index in [1.165, 1.54) is 0 Å². The first-order chi connectivity index (χ1) is 14.1. The average molecular weight is 475 g/mol. The number of anilines is 2. The highest BCUT2D eigenvalue weighted by atomic mass is 79.9. The second-order valence-electron chi connectivity index (χ2n) is 7.81. The normalized spacial score (nSPS) is 18.2. The number of aliphatic hydroxyl groups is 1. The Hall–Kier alpha value is -2.42. The Bertz CT molecular complexity index is 979. The summed E-state index contributed by atoms with van der Waals surface area (Å²) in [5, 5.41) is 17.4. The Balaban J connectivity index is 2.06. The van der Waals surface area contributed by atoms with Crippen LogP contribution in [0.25, 0.3) is 0 Å². The molecule has 7 nitrogen and oxygen atoms in total.